The van der Waals surface area contributed by atoms with Gasteiger partial charge in [-0.15, -0.1) is 0 Å². The molecule has 0 spiro atoms. The minimum absolute atomic E-state index is 0.405. The van der Waals surface area contributed by atoms with Crippen LogP contribution in [0.5, 0.6) is 0 Å². The highest BCUT2D eigenvalue weighted by Crippen LogP contribution is 2.59. The Balaban J connectivity index is 1.93. The van der Waals surface area contributed by atoms with Crippen molar-refractivity contribution in [1.82, 2.24) is 0 Å². The lowest BCUT2D eigenvalue weighted by atomic mass is 9.50. The van der Waals surface area contributed by atoms with E-state index in [0.717, 1.165) is 11.8 Å². The second kappa shape index (κ2) is 3.58. The summed E-state index contributed by atoms with van der Waals surface area (Å²) in [5.41, 5.74) is -0.405. The molecule has 4 rings (SSSR count). The van der Waals surface area contributed by atoms with E-state index in [4.69, 9.17) is 4.43 Å². The van der Waals surface area contributed by atoms with Crippen molar-refractivity contribution >= 4 is 8.32 Å². The summed E-state index contributed by atoms with van der Waals surface area (Å²) in [6.07, 6.45) is 6.45. The molecular formula is C14H23NOSi. The van der Waals surface area contributed by atoms with E-state index >= 15 is 0 Å². The van der Waals surface area contributed by atoms with Crippen LogP contribution in [0.4, 0.5) is 0 Å². The molecular weight excluding hydrogens is 226 g/mol. The van der Waals surface area contributed by atoms with Crippen molar-refractivity contribution in [2.45, 2.75) is 57.3 Å². The molecule has 94 valence electrons. The van der Waals surface area contributed by atoms with Crippen LogP contribution in [-0.2, 0) is 4.43 Å². The normalized spacial score (nSPS) is 48.1. The zero-order valence-electron chi connectivity index (χ0n) is 11.2. The predicted octanol–water partition coefficient (Wildman–Crippen LogP) is 3.56. The van der Waals surface area contributed by atoms with Crippen LogP contribution in [0.1, 0.15) is 32.1 Å². The number of hydrogen-bond acceptors (Lipinski definition) is 2. The van der Waals surface area contributed by atoms with Crippen LogP contribution in [-0.4, -0.2) is 13.9 Å². The van der Waals surface area contributed by atoms with E-state index in [1.165, 1.54) is 32.1 Å². The average Bonchev–Trinajstić information content (AvgIpc) is 2.21. The van der Waals surface area contributed by atoms with Gasteiger partial charge in [0, 0.05) is 11.8 Å². The zero-order chi connectivity index (χ0) is 12.3. The Hall–Kier alpha value is -0.333. The van der Waals surface area contributed by atoms with Crippen LogP contribution in [0.2, 0.25) is 19.6 Å². The molecule has 0 atom stereocenters. The van der Waals surface area contributed by atoms with Gasteiger partial charge < -0.3 is 4.43 Å². The van der Waals surface area contributed by atoms with Crippen LogP contribution in [0.3, 0.4) is 0 Å². The summed E-state index contributed by atoms with van der Waals surface area (Å²) >= 11 is 0. The van der Waals surface area contributed by atoms with E-state index in [-0.39, 0.29) is 0 Å². The molecule has 0 aromatic rings. The molecule has 4 aliphatic rings. The van der Waals surface area contributed by atoms with Crippen molar-refractivity contribution in [3.63, 3.8) is 0 Å². The molecule has 0 radical (unpaired) electrons. The molecule has 2 nitrogen and oxygen atoms in total. The lowest BCUT2D eigenvalue weighted by Gasteiger charge is -2.59. The first kappa shape index (κ1) is 11.7. The molecule has 0 aliphatic heterocycles. The van der Waals surface area contributed by atoms with E-state index in [2.05, 4.69) is 25.7 Å². The van der Waals surface area contributed by atoms with Gasteiger partial charge in [0.25, 0.3) is 0 Å². The van der Waals surface area contributed by atoms with E-state index in [1.54, 1.807) is 0 Å². The van der Waals surface area contributed by atoms with Gasteiger partial charge in [0.1, 0.15) is 5.60 Å². The molecule has 0 unspecified atom stereocenters. The van der Waals surface area contributed by atoms with E-state index in [9.17, 15) is 5.26 Å². The summed E-state index contributed by atoms with van der Waals surface area (Å²) < 4.78 is 6.43. The maximum atomic E-state index is 9.76. The van der Waals surface area contributed by atoms with Crippen molar-refractivity contribution in [1.29, 1.82) is 5.26 Å². The Labute approximate surface area is 105 Å². The van der Waals surface area contributed by atoms with Gasteiger partial charge in [0.2, 0.25) is 0 Å². The van der Waals surface area contributed by atoms with Gasteiger partial charge in [0.15, 0.2) is 8.32 Å². The second-order valence-electron chi connectivity index (χ2n) is 7.42. The van der Waals surface area contributed by atoms with Gasteiger partial charge in [-0.25, -0.2) is 0 Å². The fourth-order valence-corrected chi connectivity index (χ4v) is 6.16. The molecule has 0 amide bonds. The third kappa shape index (κ3) is 1.77. The van der Waals surface area contributed by atoms with E-state index in [1.807, 2.05) is 0 Å². The number of nitrogens with zero attached hydrogens (tertiary/aromatic N) is 1. The molecule has 0 aromatic carbocycles. The first-order chi connectivity index (χ1) is 7.93. The molecule has 4 bridgehead atoms. The Morgan fingerprint density at radius 2 is 1.47 bits per heavy atom. The third-order valence-electron chi connectivity index (χ3n) is 5.00. The van der Waals surface area contributed by atoms with Crippen molar-refractivity contribution in [2.24, 2.45) is 23.7 Å². The van der Waals surface area contributed by atoms with E-state index in [0.29, 0.717) is 11.8 Å². The molecule has 4 saturated carbocycles. The molecule has 0 N–H and O–H groups in total. The average molecular weight is 249 g/mol. The lowest BCUT2D eigenvalue weighted by molar-refractivity contribution is -0.127. The highest BCUT2D eigenvalue weighted by atomic mass is 28.4. The summed E-state index contributed by atoms with van der Waals surface area (Å²) in [5.74, 6) is 2.89. The van der Waals surface area contributed by atoms with Gasteiger partial charge in [-0.1, -0.05) is 0 Å². The summed E-state index contributed by atoms with van der Waals surface area (Å²) in [6, 6.07) is 2.63. The molecule has 3 heteroatoms. The maximum Gasteiger partial charge on any atom is 0.185 e. The quantitative estimate of drug-likeness (QED) is 0.701. The highest BCUT2D eigenvalue weighted by Gasteiger charge is 2.59. The summed E-state index contributed by atoms with van der Waals surface area (Å²) in [5, 5.41) is 9.76. The number of hydrogen-bond donors (Lipinski definition) is 0. The summed E-state index contributed by atoms with van der Waals surface area (Å²) in [4.78, 5) is 0. The smallest absolute Gasteiger partial charge is 0.185 e. The lowest BCUT2D eigenvalue weighted by Crippen LogP contribution is -2.61. The number of nitriles is 1. The van der Waals surface area contributed by atoms with Crippen LogP contribution in [0.25, 0.3) is 0 Å². The van der Waals surface area contributed by atoms with Gasteiger partial charge in [-0.2, -0.15) is 5.26 Å². The van der Waals surface area contributed by atoms with Crippen LogP contribution < -0.4 is 0 Å². The Kier molecular flexibility index (Phi) is 2.47. The molecule has 0 heterocycles. The SMILES string of the molecule is C[Si](C)(C)OC1(C#N)C2CC3CC(C2)CC1C3. The summed E-state index contributed by atoms with van der Waals surface area (Å²) in [7, 11) is -1.63. The standard InChI is InChI=1S/C14H23NOSi/c1-17(2,3)16-14(9-15)12-5-10-4-11(7-12)8-13(14)6-10/h10-13H,4-8H2,1-3H3. The zero-order valence-corrected chi connectivity index (χ0v) is 12.2. The van der Waals surface area contributed by atoms with Crippen molar-refractivity contribution in [3.05, 3.63) is 0 Å². The van der Waals surface area contributed by atoms with Crippen molar-refractivity contribution in [2.75, 3.05) is 0 Å². The van der Waals surface area contributed by atoms with Gasteiger partial charge in [0.05, 0.1) is 6.07 Å². The molecule has 17 heavy (non-hydrogen) atoms. The van der Waals surface area contributed by atoms with Crippen molar-refractivity contribution in [3.8, 4) is 6.07 Å². The van der Waals surface area contributed by atoms with Crippen LogP contribution >= 0.6 is 0 Å². The topological polar surface area (TPSA) is 33.0 Å². The highest BCUT2D eigenvalue weighted by molar-refractivity contribution is 6.69. The first-order valence-corrected chi connectivity index (χ1v) is 10.4. The van der Waals surface area contributed by atoms with Gasteiger partial charge >= 0.3 is 0 Å². The minimum atomic E-state index is -1.63. The fourth-order valence-electron chi connectivity index (χ4n) is 4.76. The Morgan fingerprint density at radius 1 is 1.00 bits per heavy atom. The van der Waals surface area contributed by atoms with E-state index < -0.39 is 13.9 Å². The first-order valence-electron chi connectivity index (χ1n) is 7.04. The molecule has 0 aromatic heterocycles. The van der Waals surface area contributed by atoms with Crippen LogP contribution in [0, 0.1) is 35.0 Å². The van der Waals surface area contributed by atoms with Gasteiger partial charge in [-0.05, 0) is 63.6 Å². The maximum absolute atomic E-state index is 9.76. The largest absolute Gasteiger partial charge is 0.399 e. The molecule has 4 fully saturated rings. The fraction of sp³-hybridized carbons (Fsp3) is 0.929. The second-order valence-corrected chi connectivity index (χ2v) is 11.9. The molecule has 4 aliphatic carbocycles. The van der Waals surface area contributed by atoms with Gasteiger partial charge in [-0.3, -0.25) is 0 Å². The third-order valence-corrected chi connectivity index (χ3v) is 5.95. The Bertz CT molecular complexity index is 337. The van der Waals surface area contributed by atoms with Crippen LogP contribution in [0.15, 0.2) is 0 Å². The predicted molar refractivity (Wildman–Crippen MR) is 69.8 cm³/mol. The monoisotopic (exact) mass is 249 g/mol. The molecule has 0 saturated heterocycles. The Morgan fingerprint density at radius 3 is 1.82 bits per heavy atom. The number of rotatable bonds is 2. The summed E-state index contributed by atoms with van der Waals surface area (Å²) in [6.45, 7) is 6.66. The minimum Gasteiger partial charge on any atom is -0.399 e. The van der Waals surface area contributed by atoms with Crippen molar-refractivity contribution < 1.29 is 4.43 Å².